The average Bonchev–Trinajstić information content (AvgIpc) is 2.26. The van der Waals surface area contributed by atoms with Crippen molar-refractivity contribution in [3.05, 3.63) is 52.7 Å². The second-order valence-corrected chi connectivity index (χ2v) is 3.27. The molecule has 0 unspecified atom stereocenters. The topological polar surface area (TPSA) is 68.2 Å². The zero-order valence-electron chi connectivity index (χ0n) is 8.22. The van der Waals surface area contributed by atoms with E-state index in [0.29, 0.717) is 5.69 Å². The summed E-state index contributed by atoms with van der Waals surface area (Å²) in [5.41, 5.74) is 5.04. The SMILES string of the molecule is Nc1ccc(-n2cccc(O)c2=O)cc1F. The summed E-state index contributed by atoms with van der Waals surface area (Å²) in [6.45, 7) is 0. The van der Waals surface area contributed by atoms with E-state index in [1.54, 1.807) is 0 Å². The largest absolute Gasteiger partial charge is 0.503 e. The van der Waals surface area contributed by atoms with Crippen LogP contribution in [0.15, 0.2) is 41.3 Å². The van der Waals surface area contributed by atoms with Gasteiger partial charge in [-0.3, -0.25) is 9.36 Å². The van der Waals surface area contributed by atoms with Gasteiger partial charge in [0, 0.05) is 12.3 Å². The van der Waals surface area contributed by atoms with Crippen LogP contribution in [0, 0.1) is 5.82 Å². The number of nitrogens with zero attached hydrogens (tertiary/aromatic N) is 1. The molecule has 2 aromatic rings. The first-order valence-electron chi connectivity index (χ1n) is 4.55. The Morgan fingerprint density at radius 3 is 2.75 bits per heavy atom. The van der Waals surface area contributed by atoms with E-state index >= 15 is 0 Å². The van der Waals surface area contributed by atoms with Gasteiger partial charge in [-0.05, 0) is 24.3 Å². The van der Waals surface area contributed by atoms with Crippen LogP contribution in [-0.2, 0) is 0 Å². The summed E-state index contributed by atoms with van der Waals surface area (Å²) in [6, 6.07) is 6.76. The summed E-state index contributed by atoms with van der Waals surface area (Å²) < 4.78 is 14.3. The first-order valence-corrected chi connectivity index (χ1v) is 4.55. The van der Waals surface area contributed by atoms with Crippen molar-refractivity contribution >= 4 is 5.69 Å². The van der Waals surface area contributed by atoms with Gasteiger partial charge in [-0.2, -0.15) is 0 Å². The predicted molar refractivity (Wildman–Crippen MR) is 58.1 cm³/mol. The smallest absolute Gasteiger partial charge is 0.297 e. The highest BCUT2D eigenvalue weighted by Gasteiger charge is 2.05. The molecular weight excluding hydrogens is 211 g/mol. The molecule has 0 aliphatic rings. The van der Waals surface area contributed by atoms with E-state index < -0.39 is 11.4 Å². The third-order valence-electron chi connectivity index (χ3n) is 2.19. The third-order valence-corrected chi connectivity index (χ3v) is 2.19. The lowest BCUT2D eigenvalue weighted by Crippen LogP contribution is -2.16. The van der Waals surface area contributed by atoms with Gasteiger partial charge >= 0.3 is 0 Å². The molecule has 1 heterocycles. The normalized spacial score (nSPS) is 10.3. The van der Waals surface area contributed by atoms with Gasteiger partial charge in [0.15, 0.2) is 5.75 Å². The monoisotopic (exact) mass is 220 g/mol. The first-order chi connectivity index (χ1) is 7.59. The highest BCUT2D eigenvalue weighted by atomic mass is 19.1. The van der Waals surface area contributed by atoms with E-state index in [1.165, 1.54) is 30.5 Å². The molecule has 16 heavy (non-hydrogen) atoms. The van der Waals surface area contributed by atoms with Crippen molar-refractivity contribution in [3.63, 3.8) is 0 Å². The molecule has 5 heteroatoms. The molecule has 4 nitrogen and oxygen atoms in total. The zero-order valence-corrected chi connectivity index (χ0v) is 8.22. The average molecular weight is 220 g/mol. The molecule has 2 rings (SSSR count). The molecule has 1 aromatic carbocycles. The van der Waals surface area contributed by atoms with Crippen LogP contribution < -0.4 is 11.3 Å². The summed E-state index contributed by atoms with van der Waals surface area (Å²) in [5, 5.41) is 9.23. The summed E-state index contributed by atoms with van der Waals surface area (Å²) in [7, 11) is 0. The van der Waals surface area contributed by atoms with E-state index in [4.69, 9.17) is 5.73 Å². The Hall–Kier alpha value is -2.30. The fourth-order valence-corrected chi connectivity index (χ4v) is 1.35. The molecule has 0 bridgehead atoms. The Morgan fingerprint density at radius 2 is 2.06 bits per heavy atom. The van der Waals surface area contributed by atoms with Crippen LogP contribution >= 0.6 is 0 Å². The Bertz CT molecular complexity index is 593. The summed E-state index contributed by atoms with van der Waals surface area (Å²) >= 11 is 0. The number of hydrogen-bond acceptors (Lipinski definition) is 3. The Morgan fingerprint density at radius 1 is 1.31 bits per heavy atom. The second-order valence-electron chi connectivity index (χ2n) is 3.27. The molecule has 0 aliphatic carbocycles. The number of pyridine rings is 1. The third kappa shape index (κ3) is 1.63. The number of hydrogen-bond donors (Lipinski definition) is 2. The molecule has 3 N–H and O–H groups in total. The molecule has 0 saturated heterocycles. The van der Waals surface area contributed by atoms with Gasteiger partial charge in [-0.25, -0.2) is 4.39 Å². The molecule has 82 valence electrons. The zero-order chi connectivity index (χ0) is 11.7. The van der Waals surface area contributed by atoms with Crippen LogP contribution in [0.1, 0.15) is 0 Å². The maximum atomic E-state index is 13.2. The second kappa shape index (κ2) is 3.69. The molecule has 0 spiro atoms. The molecular formula is C11H9FN2O2. The number of anilines is 1. The van der Waals surface area contributed by atoms with E-state index in [2.05, 4.69) is 0 Å². The number of benzene rings is 1. The van der Waals surface area contributed by atoms with E-state index in [0.717, 1.165) is 10.6 Å². The van der Waals surface area contributed by atoms with Crippen LogP contribution in [0.5, 0.6) is 5.75 Å². The molecule has 0 fully saturated rings. The minimum atomic E-state index is -0.605. The maximum absolute atomic E-state index is 13.2. The van der Waals surface area contributed by atoms with Gasteiger partial charge in [0.1, 0.15) is 5.82 Å². The van der Waals surface area contributed by atoms with E-state index in [-0.39, 0.29) is 11.4 Å². The fraction of sp³-hybridized carbons (Fsp3) is 0. The van der Waals surface area contributed by atoms with Crippen molar-refractivity contribution in [2.75, 3.05) is 5.73 Å². The van der Waals surface area contributed by atoms with Crippen LogP contribution in [0.2, 0.25) is 0 Å². The number of rotatable bonds is 1. The lowest BCUT2D eigenvalue weighted by molar-refractivity contribution is 0.463. The summed E-state index contributed by atoms with van der Waals surface area (Å²) in [5.74, 6) is -0.993. The molecule has 0 aliphatic heterocycles. The molecule has 0 amide bonds. The van der Waals surface area contributed by atoms with Crippen LogP contribution in [0.25, 0.3) is 5.69 Å². The van der Waals surface area contributed by atoms with Gasteiger partial charge < -0.3 is 10.8 Å². The maximum Gasteiger partial charge on any atom is 0.297 e. The van der Waals surface area contributed by atoms with Gasteiger partial charge in [0.25, 0.3) is 5.56 Å². The number of aromatic hydroxyl groups is 1. The summed E-state index contributed by atoms with van der Waals surface area (Å²) in [4.78, 5) is 11.5. The Labute approximate surface area is 90.4 Å². The summed E-state index contributed by atoms with van der Waals surface area (Å²) in [6.07, 6.45) is 1.44. The van der Waals surface area contributed by atoms with Crippen molar-refractivity contribution in [1.82, 2.24) is 4.57 Å². The van der Waals surface area contributed by atoms with Crippen molar-refractivity contribution in [2.45, 2.75) is 0 Å². The minimum absolute atomic E-state index is 0.0111. The predicted octanol–water partition coefficient (Wildman–Crippen LogP) is 1.26. The number of halogens is 1. The molecule has 0 atom stereocenters. The van der Waals surface area contributed by atoms with Gasteiger partial charge in [0.05, 0.1) is 11.4 Å². The highest BCUT2D eigenvalue weighted by molar-refractivity contribution is 5.47. The van der Waals surface area contributed by atoms with Crippen molar-refractivity contribution in [1.29, 1.82) is 0 Å². The Kier molecular flexibility index (Phi) is 2.36. The standard InChI is InChI=1S/C11H9FN2O2/c12-8-6-7(3-4-9(8)13)14-5-1-2-10(15)11(14)16/h1-6,15H,13H2. The molecule has 0 saturated carbocycles. The van der Waals surface area contributed by atoms with E-state index in [1.807, 2.05) is 0 Å². The van der Waals surface area contributed by atoms with Crippen molar-refractivity contribution in [3.8, 4) is 11.4 Å². The lowest BCUT2D eigenvalue weighted by Gasteiger charge is -2.06. The van der Waals surface area contributed by atoms with Crippen LogP contribution in [0.4, 0.5) is 10.1 Å². The fourth-order valence-electron chi connectivity index (χ4n) is 1.35. The number of nitrogen functional groups attached to an aromatic ring is 1. The van der Waals surface area contributed by atoms with Gasteiger partial charge in [-0.1, -0.05) is 0 Å². The molecule has 1 aromatic heterocycles. The van der Waals surface area contributed by atoms with Crippen molar-refractivity contribution < 1.29 is 9.50 Å². The number of aromatic nitrogens is 1. The van der Waals surface area contributed by atoms with Gasteiger partial charge in [0.2, 0.25) is 0 Å². The van der Waals surface area contributed by atoms with E-state index in [9.17, 15) is 14.3 Å². The molecule has 0 radical (unpaired) electrons. The van der Waals surface area contributed by atoms with Crippen molar-refractivity contribution in [2.24, 2.45) is 0 Å². The lowest BCUT2D eigenvalue weighted by atomic mass is 10.2. The van der Waals surface area contributed by atoms with Crippen LogP contribution in [-0.4, -0.2) is 9.67 Å². The first kappa shape index (κ1) is 10.2. The minimum Gasteiger partial charge on any atom is -0.503 e. The quantitative estimate of drug-likeness (QED) is 0.711. The van der Waals surface area contributed by atoms with Gasteiger partial charge in [-0.15, -0.1) is 0 Å². The van der Waals surface area contributed by atoms with Crippen LogP contribution in [0.3, 0.4) is 0 Å². The highest BCUT2D eigenvalue weighted by Crippen LogP contribution is 2.14. The number of nitrogens with two attached hydrogens (primary N) is 1. The Balaban J connectivity index is 2.64.